The number of nitrogens with zero attached hydrogens (tertiary/aromatic N) is 2. The van der Waals surface area contributed by atoms with E-state index in [9.17, 15) is 8.42 Å². The maximum Gasteiger partial charge on any atom is 0.262 e. The molecule has 0 atom stereocenters. The first kappa shape index (κ1) is 20.3. The maximum atomic E-state index is 12.9. The van der Waals surface area contributed by atoms with E-state index in [-0.39, 0.29) is 4.90 Å². The molecule has 0 bridgehead atoms. The Balaban J connectivity index is 1.75. The SMILES string of the molecule is COc1ccc(-c2cn3cccc(C)c3n2)cc1NS(=O)(=O)c1ccc(C)c(Cl)c1. The number of rotatable bonds is 5. The van der Waals surface area contributed by atoms with Crippen LogP contribution in [0.25, 0.3) is 16.9 Å². The molecule has 2 aromatic carbocycles. The van der Waals surface area contributed by atoms with Gasteiger partial charge < -0.3 is 9.14 Å². The molecule has 2 heterocycles. The van der Waals surface area contributed by atoms with Gasteiger partial charge in [-0.1, -0.05) is 23.7 Å². The van der Waals surface area contributed by atoms with Crippen molar-refractivity contribution in [3.05, 3.63) is 77.1 Å². The van der Waals surface area contributed by atoms with Crippen LogP contribution in [0.3, 0.4) is 0 Å². The quantitative estimate of drug-likeness (QED) is 0.468. The van der Waals surface area contributed by atoms with E-state index in [4.69, 9.17) is 16.3 Å². The zero-order valence-corrected chi connectivity index (χ0v) is 18.3. The predicted molar refractivity (Wildman–Crippen MR) is 119 cm³/mol. The minimum atomic E-state index is -3.86. The third-order valence-electron chi connectivity index (χ3n) is 4.87. The smallest absolute Gasteiger partial charge is 0.262 e. The number of anilines is 1. The molecule has 2 aromatic heterocycles. The number of hydrogen-bond donors (Lipinski definition) is 1. The molecular weight excluding hydrogens is 422 g/mol. The topological polar surface area (TPSA) is 72.7 Å². The van der Waals surface area contributed by atoms with Gasteiger partial charge in [0, 0.05) is 23.0 Å². The van der Waals surface area contributed by atoms with Gasteiger partial charge in [-0.25, -0.2) is 13.4 Å². The summed E-state index contributed by atoms with van der Waals surface area (Å²) in [5.74, 6) is 0.403. The van der Waals surface area contributed by atoms with Crippen LogP contribution in [0.4, 0.5) is 5.69 Å². The van der Waals surface area contributed by atoms with Gasteiger partial charge in [0.2, 0.25) is 0 Å². The first-order chi connectivity index (χ1) is 14.3. The number of nitrogens with one attached hydrogen (secondary N) is 1. The first-order valence-corrected chi connectivity index (χ1v) is 11.1. The molecule has 0 saturated heterocycles. The number of aromatic nitrogens is 2. The lowest BCUT2D eigenvalue weighted by Crippen LogP contribution is -2.14. The van der Waals surface area contributed by atoms with Crippen molar-refractivity contribution in [2.45, 2.75) is 18.7 Å². The van der Waals surface area contributed by atoms with Crippen molar-refractivity contribution in [1.29, 1.82) is 0 Å². The molecule has 0 aliphatic heterocycles. The lowest BCUT2D eigenvalue weighted by molar-refractivity contribution is 0.417. The van der Waals surface area contributed by atoms with Crippen LogP contribution in [0.1, 0.15) is 11.1 Å². The second kappa shape index (κ2) is 7.66. The van der Waals surface area contributed by atoms with E-state index >= 15 is 0 Å². The van der Waals surface area contributed by atoms with Crippen LogP contribution in [0.5, 0.6) is 5.75 Å². The van der Waals surface area contributed by atoms with Crippen molar-refractivity contribution in [3.8, 4) is 17.0 Å². The normalized spacial score (nSPS) is 11.6. The largest absolute Gasteiger partial charge is 0.495 e. The average molecular weight is 442 g/mol. The van der Waals surface area contributed by atoms with Gasteiger partial charge in [0.05, 0.1) is 23.4 Å². The highest BCUT2D eigenvalue weighted by atomic mass is 35.5. The fraction of sp³-hybridized carbons (Fsp3) is 0.136. The summed E-state index contributed by atoms with van der Waals surface area (Å²) in [4.78, 5) is 4.76. The van der Waals surface area contributed by atoms with Crippen LogP contribution in [0, 0.1) is 13.8 Å². The number of sulfonamides is 1. The van der Waals surface area contributed by atoms with E-state index in [1.54, 1.807) is 18.2 Å². The van der Waals surface area contributed by atoms with E-state index in [2.05, 4.69) is 9.71 Å². The zero-order valence-electron chi connectivity index (χ0n) is 16.7. The monoisotopic (exact) mass is 441 g/mol. The molecule has 0 aliphatic carbocycles. The molecule has 0 aliphatic rings. The summed E-state index contributed by atoms with van der Waals surface area (Å²) in [6.07, 6.45) is 3.83. The standard InChI is InChI=1S/C22H20ClN3O3S/c1-14-6-8-17(12-18(14)23)30(27,28)25-19-11-16(7-9-21(19)29-3)20-13-26-10-4-5-15(2)22(26)24-20/h4-13,25H,1-3H3. The molecule has 30 heavy (non-hydrogen) atoms. The lowest BCUT2D eigenvalue weighted by atomic mass is 10.1. The number of imidazole rings is 1. The third-order valence-corrected chi connectivity index (χ3v) is 6.64. The van der Waals surface area contributed by atoms with Crippen LogP contribution in [-0.2, 0) is 10.0 Å². The molecule has 0 spiro atoms. The van der Waals surface area contributed by atoms with Crippen molar-refractivity contribution < 1.29 is 13.2 Å². The van der Waals surface area contributed by atoms with Crippen molar-refractivity contribution in [1.82, 2.24) is 9.38 Å². The Morgan fingerprint density at radius 3 is 2.57 bits per heavy atom. The van der Waals surface area contributed by atoms with E-state index in [0.29, 0.717) is 16.5 Å². The number of benzene rings is 2. The summed E-state index contributed by atoms with van der Waals surface area (Å²) in [5.41, 5.74) is 4.51. The van der Waals surface area contributed by atoms with Gasteiger partial charge >= 0.3 is 0 Å². The Hall–Kier alpha value is -3.03. The second-order valence-electron chi connectivity index (χ2n) is 6.98. The fourth-order valence-electron chi connectivity index (χ4n) is 3.18. The van der Waals surface area contributed by atoms with Crippen LogP contribution in [0.2, 0.25) is 5.02 Å². The number of hydrogen-bond acceptors (Lipinski definition) is 4. The van der Waals surface area contributed by atoms with Crippen molar-refractivity contribution in [3.63, 3.8) is 0 Å². The predicted octanol–water partition coefficient (Wildman–Crippen LogP) is 5.08. The maximum absolute atomic E-state index is 12.9. The highest BCUT2D eigenvalue weighted by Crippen LogP contribution is 2.33. The molecule has 8 heteroatoms. The highest BCUT2D eigenvalue weighted by Gasteiger charge is 2.19. The van der Waals surface area contributed by atoms with E-state index in [1.165, 1.54) is 19.2 Å². The number of aryl methyl sites for hydroxylation is 2. The van der Waals surface area contributed by atoms with E-state index < -0.39 is 10.0 Å². The molecule has 4 aromatic rings. The molecule has 1 N–H and O–H groups in total. The van der Waals surface area contributed by atoms with Crippen LogP contribution < -0.4 is 9.46 Å². The van der Waals surface area contributed by atoms with Gasteiger partial charge in [0.25, 0.3) is 10.0 Å². The molecule has 0 amide bonds. The fourth-order valence-corrected chi connectivity index (χ4v) is 4.52. The summed E-state index contributed by atoms with van der Waals surface area (Å²) >= 11 is 6.11. The molecule has 0 fully saturated rings. The first-order valence-electron chi connectivity index (χ1n) is 9.20. The van der Waals surface area contributed by atoms with Crippen LogP contribution in [-0.4, -0.2) is 24.9 Å². The minimum Gasteiger partial charge on any atom is -0.495 e. The Morgan fingerprint density at radius 2 is 1.87 bits per heavy atom. The van der Waals surface area contributed by atoms with Gasteiger partial charge in [0.15, 0.2) is 0 Å². The second-order valence-corrected chi connectivity index (χ2v) is 9.07. The van der Waals surface area contributed by atoms with Gasteiger partial charge in [-0.05, 0) is 61.4 Å². The number of methoxy groups -OCH3 is 1. The summed E-state index contributed by atoms with van der Waals surface area (Å²) in [6.45, 7) is 3.81. The van der Waals surface area contributed by atoms with Gasteiger partial charge in [0.1, 0.15) is 11.4 Å². The van der Waals surface area contributed by atoms with Crippen LogP contribution >= 0.6 is 11.6 Å². The molecule has 0 saturated carbocycles. The van der Waals surface area contributed by atoms with Gasteiger partial charge in [-0.2, -0.15) is 0 Å². The molecule has 6 nitrogen and oxygen atoms in total. The third kappa shape index (κ3) is 3.74. The molecule has 154 valence electrons. The van der Waals surface area contributed by atoms with E-state index in [1.807, 2.05) is 48.8 Å². The number of ether oxygens (including phenoxy) is 1. The molecular formula is C22H20ClN3O3S. The molecule has 0 unspecified atom stereocenters. The van der Waals surface area contributed by atoms with Gasteiger partial charge in [-0.3, -0.25) is 4.72 Å². The summed E-state index contributed by atoms with van der Waals surface area (Å²) in [6, 6.07) is 13.8. The Bertz CT molecular complexity index is 1360. The van der Waals surface area contributed by atoms with Crippen molar-refractivity contribution in [2.24, 2.45) is 0 Å². The van der Waals surface area contributed by atoms with Crippen molar-refractivity contribution in [2.75, 3.05) is 11.8 Å². The van der Waals surface area contributed by atoms with E-state index in [0.717, 1.165) is 28.0 Å². The van der Waals surface area contributed by atoms with Crippen LogP contribution in [0.15, 0.2) is 65.8 Å². The molecule has 4 rings (SSSR count). The highest BCUT2D eigenvalue weighted by molar-refractivity contribution is 7.92. The van der Waals surface area contributed by atoms with Gasteiger partial charge in [-0.15, -0.1) is 0 Å². The summed E-state index contributed by atoms with van der Waals surface area (Å²) < 4.78 is 35.8. The molecule has 0 radical (unpaired) electrons. The lowest BCUT2D eigenvalue weighted by Gasteiger charge is -2.13. The summed E-state index contributed by atoms with van der Waals surface area (Å²) in [7, 11) is -2.37. The Kier molecular flexibility index (Phi) is 5.17. The minimum absolute atomic E-state index is 0.0777. The number of fused-ring (bicyclic) bond motifs is 1. The number of halogens is 1. The average Bonchev–Trinajstić information content (AvgIpc) is 3.15. The zero-order chi connectivity index (χ0) is 21.5. The van der Waals surface area contributed by atoms with Crippen molar-refractivity contribution >= 4 is 33.0 Å². The summed E-state index contributed by atoms with van der Waals surface area (Å²) in [5, 5.41) is 0.388. The Labute approximate surface area is 180 Å². The number of pyridine rings is 1. The Morgan fingerprint density at radius 1 is 1.07 bits per heavy atom.